The number of hydrogen-bond acceptors (Lipinski definition) is 5. The van der Waals surface area contributed by atoms with Crippen molar-refractivity contribution in [3.8, 4) is 0 Å². The number of aryl methyl sites for hydroxylation is 1. The van der Waals surface area contributed by atoms with E-state index in [4.69, 9.17) is 9.84 Å². The molecule has 20 heavy (non-hydrogen) atoms. The van der Waals surface area contributed by atoms with Crippen LogP contribution in [0.2, 0.25) is 0 Å². The molecule has 0 aromatic carbocycles. The Morgan fingerprint density at radius 2 is 2.15 bits per heavy atom. The maximum Gasteiger partial charge on any atom is 0.341 e. The largest absolute Gasteiger partial charge is 0.481 e. The molecule has 1 heterocycles. The van der Waals surface area contributed by atoms with Gasteiger partial charge in [-0.3, -0.25) is 4.79 Å². The minimum Gasteiger partial charge on any atom is -0.481 e. The van der Waals surface area contributed by atoms with E-state index < -0.39 is 5.97 Å². The van der Waals surface area contributed by atoms with Crippen molar-refractivity contribution in [1.29, 1.82) is 0 Å². The predicted molar refractivity (Wildman–Crippen MR) is 77.8 cm³/mol. The van der Waals surface area contributed by atoms with E-state index in [1.807, 2.05) is 11.9 Å². The fourth-order valence-corrected chi connectivity index (χ4v) is 3.80. The van der Waals surface area contributed by atoms with Crippen molar-refractivity contribution in [3.63, 3.8) is 0 Å². The number of thiophene rings is 1. The minimum atomic E-state index is -0.835. The lowest BCUT2D eigenvalue weighted by Crippen LogP contribution is -2.22. The summed E-state index contributed by atoms with van der Waals surface area (Å²) in [5.74, 6) is -1.12. The first-order valence-electron chi connectivity index (χ1n) is 6.79. The van der Waals surface area contributed by atoms with Crippen molar-refractivity contribution in [1.82, 2.24) is 0 Å². The molecular weight excluding hydrogens is 278 g/mol. The van der Waals surface area contributed by atoms with Gasteiger partial charge in [-0.25, -0.2) is 4.79 Å². The number of carbonyl (C=O) groups is 2. The third-order valence-corrected chi connectivity index (χ3v) is 4.80. The molecule has 0 saturated heterocycles. The summed E-state index contributed by atoms with van der Waals surface area (Å²) in [7, 11) is 1.83. The quantitative estimate of drug-likeness (QED) is 0.816. The molecule has 0 radical (unpaired) electrons. The lowest BCUT2D eigenvalue weighted by molar-refractivity contribution is -0.136. The topological polar surface area (TPSA) is 66.8 Å². The highest BCUT2D eigenvalue weighted by Gasteiger charge is 2.29. The molecule has 0 atom stereocenters. The molecule has 2 rings (SSSR count). The number of hydrogen-bond donors (Lipinski definition) is 1. The van der Waals surface area contributed by atoms with E-state index in [1.54, 1.807) is 18.3 Å². The van der Waals surface area contributed by atoms with Gasteiger partial charge in [-0.15, -0.1) is 11.3 Å². The van der Waals surface area contributed by atoms with Gasteiger partial charge in [0, 0.05) is 18.5 Å². The summed E-state index contributed by atoms with van der Waals surface area (Å²) >= 11 is 1.59. The number of esters is 1. The van der Waals surface area contributed by atoms with Gasteiger partial charge >= 0.3 is 11.9 Å². The molecule has 0 bridgehead atoms. The molecule has 0 spiro atoms. The van der Waals surface area contributed by atoms with Crippen LogP contribution in [0.25, 0.3) is 0 Å². The molecule has 0 aliphatic heterocycles. The van der Waals surface area contributed by atoms with E-state index >= 15 is 0 Å². The first kappa shape index (κ1) is 14.8. The maximum atomic E-state index is 12.2. The van der Waals surface area contributed by atoms with Gasteiger partial charge in [0.1, 0.15) is 5.00 Å². The van der Waals surface area contributed by atoms with Crippen LogP contribution in [0, 0.1) is 0 Å². The van der Waals surface area contributed by atoms with Crippen LogP contribution in [0.5, 0.6) is 0 Å². The summed E-state index contributed by atoms with van der Waals surface area (Å²) in [6.07, 6.45) is 3.04. The van der Waals surface area contributed by atoms with Crippen molar-refractivity contribution in [3.05, 3.63) is 16.0 Å². The monoisotopic (exact) mass is 297 g/mol. The number of carboxylic acids is 1. The number of ether oxygens (including phenoxy) is 1. The minimum absolute atomic E-state index is 0.0569. The highest BCUT2D eigenvalue weighted by atomic mass is 32.1. The van der Waals surface area contributed by atoms with E-state index in [0.717, 1.165) is 29.8 Å². The molecule has 1 aliphatic rings. The van der Waals surface area contributed by atoms with Crippen molar-refractivity contribution < 1.29 is 19.4 Å². The average Bonchev–Trinajstić information content (AvgIpc) is 2.95. The van der Waals surface area contributed by atoms with Gasteiger partial charge in [-0.1, -0.05) is 0 Å². The molecule has 1 aromatic heterocycles. The van der Waals surface area contributed by atoms with Crippen molar-refractivity contribution >= 4 is 28.3 Å². The molecular formula is C14H19NO4S. The van der Waals surface area contributed by atoms with Gasteiger partial charge in [-0.05, 0) is 31.7 Å². The third kappa shape index (κ3) is 2.95. The first-order valence-corrected chi connectivity index (χ1v) is 7.60. The number of rotatable bonds is 6. The van der Waals surface area contributed by atoms with Crippen molar-refractivity contribution in [2.45, 2.75) is 32.6 Å². The Morgan fingerprint density at radius 1 is 1.40 bits per heavy atom. The van der Waals surface area contributed by atoms with Crippen molar-refractivity contribution in [2.24, 2.45) is 0 Å². The summed E-state index contributed by atoms with van der Waals surface area (Å²) < 4.78 is 5.15. The van der Waals surface area contributed by atoms with Crippen LogP contribution in [0.1, 0.15) is 40.6 Å². The zero-order valence-corrected chi connectivity index (χ0v) is 12.6. The Morgan fingerprint density at radius 3 is 2.80 bits per heavy atom. The summed E-state index contributed by atoms with van der Waals surface area (Å²) in [5, 5.41) is 9.62. The van der Waals surface area contributed by atoms with E-state index in [1.165, 1.54) is 4.88 Å². The Bertz CT molecular complexity index is 523. The third-order valence-electron chi connectivity index (χ3n) is 3.39. The molecule has 5 nitrogen and oxygen atoms in total. The fourth-order valence-electron chi connectivity index (χ4n) is 2.44. The van der Waals surface area contributed by atoms with E-state index in [0.29, 0.717) is 18.7 Å². The molecule has 1 N–H and O–H groups in total. The standard InChI is InChI=1S/C14H19NO4S/c1-3-19-14(18)12-9-5-4-6-10(9)20-13(12)15(2)8-7-11(16)17/h3-8H2,1-2H3,(H,16,17). The molecule has 0 unspecified atom stereocenters. The van der Waals surface area contributed by atoms with Crippen LogP contribution < -0.4 is 4.90 Å². The fraction of sp³-hybridized carbons (Fsp3) is 0.571. The second kappa shape index (κ2) is 6.26. The molecule has 0 fully saturated rings. The zero-order chi connectivity index (χ0) is 14.7. The number of anilines is 1. The predicted octanol–water partition coefficient (Wildman–Crippen LogP) is 2.32. The molecule has 1 aliphatic carbocycles. The summed E-state index contributed by atoms with van der Waals surface area (Å²) in [5.41, 5.74) is 1.75. The first-order chi connectivity index (χ1) is 9.54. The van der Waals surface area contributed by atoms with Crippen LogP contribution in [0.4, 0.5) is 5.00 Å². The highest BCUT2D eigenvalue weighted by Crippen LogP contribution is 2.41. The van der Waals surface area contributed by atoms with Gasteiger partial charge in [0.2, 0.25) is 0 Å². The number of carboxylic acid groups (broad SMARTS) is 1. The highest BCUT2D eigenvalue weighted by molar-refractivity contribution is 7.16. The average molecular weight is 297 g/mol. The normalized spacial score (nSPS) is 13.1. The number of nitrogens with zero attached hydrogens (tertiary/aromatic N) is 1. The number of fused-ring (bicyclic) bond motifs is 1. The summed E-state index contributed by atoms with van der Waals surface area (Å²) in [6, 6.07) is 0. The van der Waals surface area contributed by atoms with Gasteiger partial charge in [0.25, 0.3) is 0 Å². The second-order valence-corrected chi connectivity index (χ2v) is 5.91. The van der Waals surface area contributed by atoms with Crippen LogP contribution in [-0.4, -0.2) is 37.2 Å². The van der Waals surface area contributed by atoms with E-state index in [-0.39, 0.29) is 12.4 Å². The van der Waals surface area contributed by atoms with Crippen LogP contribution in [0.3, 0.4) is 0 Å². The van der Waals surface area contributed by atoms with Gasteiger partial charge in [0.05, 0.1) is 18.6 Å². The van der Waals surface area contributed by atoms with Gasteiger partial charge < -0.3 is 14.7 Å². The molecule has 0 saturated carbocycles. The number of aliphatic carboxylic acids is 1. The zero-order valence-electron chi connectivity index (χ0n) is 11.8. The van der Waals surface area contributed by atoms with Crippen LogP contribution >= 0.6 is 11.3 Å². The Labute approximate surface area is 122 Å². The van der Waals surface area contributed by atoms with Crippen molar-refractivity contribution in [2.75, 3.05) is 25.1 Å². The number of carbonyl (C=O) groups excluding carboxylic acids is 1. The second-order valence-electron chi connectivity index (χ2n) is 4.82. The lowest BCUT2D eigenvalue weighted by atomic mass is 10.1. The van der Waals surface area contributed by atoms with Gasteiger partial charge in [0.15, 0.2) is 0 Å². The molecule has 0 amide bonds. The molecule has 110 valence electrons. The summed E-state index contributed by atoms with van der Waals surface area (Å²) in [6.45, 7) is 2.53. The van der Waals surface area contributed by atoms with Crippen LogP contribution in [0.15, 0.2) is 0 Å². The van der Waals surface area contributed by atoms with Gasteiger partial charge in [-0.2, -0.15) is 0 Å². The molecule has 1 aromatic rings. The molecule has 6 heteroatoms. The Hall–Kier alpha value is -1.56. The Balaban J connectivity index is 2.28. The van der Waals surface area contributed by atoms with E-state index in [9.17, 15) is 9.59 Å². The lowest BCUT2D eigenvalue weighted by Gasteiger charge is -2.18. The van der Waals surface area contributed by atoms with E-state index in [2.05, 4.69) is 0 Å². The SMILES string of the molecule is CCOC(=O)c1c(N(C)CCC(=O)O)sc2c1CCC2. The maximum absolute atomic E-state index is 12.2. The smallest absolute Gasteiger partial charge is 0.341 e. The Kier molecular flexibility index (Phi) is 4.65. The summed E-state index contributed by atoms with van der Waals surface area (Å²) in [4.78, 5) is 25.9. The van der Waals surface area contributed by atoms with Crippen LogP contribution in [-0.2, 0) is 22.4 Å².